The van der Waals surface area contributed by atoms with Crippen LogP contribution in [0.3, 0.4) is 0 Å². The number of aliphatic imine (C=N–C) groups is 1. The van der Waals surface area contributed by atoms with Crippen LogP contribution in [-0.2, 0) is 6.42 Å². The zero-order valence-electron chi connectivity index (χ0n) is 12.4. The molecule has 2 N–H and O–H groups in total. The van der Waals surface area contributed by atoms with Crippen molar-refractivity contribution in [1.29, 1.82) is 0 Å². The van der Waals surface area contributed by atoms with E-state index in [2.05, 4.69) is 39.2 Å². The topological polar surface area (TPSA) is 49.3 Å². The highest BCUT2D eigenvalue weighted by atomic mass is 127. The summed E-state index contributed by atoms with van der Waals surface area (Å²) in [6, 6.07) is 0. The van der Waals surface area contributed by atoms with Gasteiger partial charge in [0.1, 0.15) is 0 Å². The molecule has 1 heterocycles. The van der Waals surface area contributed by atoms with E-state index in [1.165, 1.54) is 5.01 Å². The Labute approximate surface area is 147 Å². The average Bonchev–Trinajstić information content (AvgIpc) is 2.80. The van der Waals surface area contributed by atoms with E-state index in [1.807, 2.05) is 18.7 Å². The minimum Gasteiger partial charge on any atom is -0.357 e. The van der Waals surface area contributed by atoms with Crippen LogP contribution in [0.15, 0.2) is 10.4 Å². The first-order valence-corrected chi connectivity index (χ1v) is 8.95. The van der Waals surface area contributed by atoms with Crippen LogP contribution in [0.25, 0.3) is 0 Å². The van der Waals surface area contributed by atoms with Crippen molar-refractivity contribution in [3.63, 3.8) is 0 Å². The fourth-order valence-electron chi connectivity index (χ4n) is 1.55. The van der Waals surface area contributed by atoms with Crippen LogP contribution in [0.2, 0.25) is 0 Å². The normalized spacial score (nSPS) is 11.1. The Morgan fingerprint density at radius 2 is 2.25 bits per heavy atom. The van der Waals surface area contributed by atoms with Gasteiger partial charge in [0.15, 0.2) is 5.96 Å². The summed E-state index contributed by atoms with van der Waals surface area (Å²) in [5.41, 5.74) is 1.12. The maximum absolute atomic E-state index is 4.57. The van der Waals surface area contributed by atoms with Crippen LogP contribution >= 0.6 is 47.1 Å². The van der Waals surface area contributed by atoms with Crippen LogP contribution in [0.5, 0.6) is 0 Å². The molecule has 0 fully saturated rings. The van der Waals surface area contributed by atoms with Gasteiger partial charge in [-0.1, -0.05) is 0 Å². The van der Waals surface area contributed by atoms with Crippen molar-refractivity contribution in [2.45, 2.75) is 26.7 Å². The SMILES string of the molecule is CCNC(=NCCCc1nc(C)cs1)NCCSC.I. The standard InChI is InChI=1S/C13H24N4S2.HI/c1-4-14-13(16-8-9-18-3)15-7-5-6-12-17-11(2)10-19-12;/h10H,4-9H2,1-3H3,(H2,14,15,16);1H. The van der Waals surface area contributed by atoms with Gasteiger partial charge in [-0.3, -0.25) is 4.99 Å². The zero-order chi connectivity index (χ0) is 13.9. The van der Waals surface area contributed by atoms with Gasteiger partial charge in [-0.25, -0.2) is 4.98 Å². The number of aryl methyl sites for hydroxylation is 2. The third kappa shape index (κ3) is 9.02. The molecule has 1 aromatic heterocycles. The number of aromatic nitrogens is 1. The molecule has 0 saturated carbocycles. The Morgan fingerprint density at radius 3 is 2.85 bits per heavy atom. The Kier molecular flexibility index (Phi) is 12.7. The number of thiazole rings is 1. The molecule has 7 heteroatoms. The fourth-order valence-corrected chi connectivity index (χ4v) is 2.68. The number of halogens is 1. The Morgan fingerprint density at radius 1 is 1.45 bits per heavy atom. The summed E-state index contributed by atoms with van der Waals surface area (Å²) in [4.78, 5) is 9.03. The molecule has 0 saturated heterocycles. The largest absolute Gasteiger partial charge is 0.357 e. The van der Waals surface area contributed by atoms with Crippen LogP contribution < -0.4 is 10.6 Å². The first-order valence-electron chi connectivity index (χ1n) is 6.68. The van der Waals surface area contributed by atoms with Gasteiger partial charge >= 0.3 is 0 Å². The molecule has 0 spiro atoms. The van der Waals surface area contributed by atoms with Crippen molar-refractivity contribution >= 4 is 53.0 Å². The van der Waals surface area contributed by atoms with Crippen LogP contribution in [-0.4, -0.2) is 42.6 Å². The highest BCUT2D eigenvalue weighted by Crippen LogP contribution is 2.10. The first kappa shape index (κ1) is 20.0. The van der Waals surface area contributed by atoms with E-state index in [0.717, 1.165) is 49.9 Å². The monoisotopic (exact) mass is 428 g/mol. The lowest BCUT2D eigenvalue weighted by Crippen LogP contribution is -2.38. The Hall–Kier alpha value is -0.0200. The molecule has 0 aliphatic rings. The molecule has 0 radical (unpaired) electrons. The van der Waals surface area contributed by atoms with E-state index in [1.54, 1.807) is 11.3 Å². The third-order valence-corrected chi connectivity index (χ3v) is 4.07. The first-order chi connectivity index (χ1) is 9.26. The minimum absolute atomic E-state index is 0. The van der Waals surface area contributed by atoms with E-state index < -0.39 is 0 Å². The molecule has 0 atom stereocenters. The molecule has 1 rings (SSSR count). The number of thioether (sulfide) groups is 1. The van der Waals surface area contributed by atoms with E-state index in [-0.39, 0.29) is 24.0 Å². The second-order valence-corrected chi connectivity index (χ2v) is 6.09. The van der Waals surface area contributed by atoms with Crippen molar-refractivity contribution in [2.75, 3.05) is 31.6 Å². The summed E-state index contributed by atoms with van der Waals surface area (Å²) in [5.74, 6) is 2.02. The van der Waals surface area contributed by atoms with E-state index >= 15 is 0 Å². The predicted molar refractivity (Wildman–Crippen MR) is 103 cm³/mol. The lowest BCUT2D eigenvalue weighted by atomic mass is 10.3. The van der Waals surface area contributed by atoms with E-state index in [0.29, 0.717) is 0 Å². The molecular weight excluding hydrogens is 403 g/mol. The van der Waals surface area contributed by atoms with Gasteiger partial charge in [-0.05, 0) is 26.5 Å². The lowest BCUT2D eigenvalue weighted by Gasteiger charge is -2.10. The second kappa shape index (κ2) is 12.7. The number of rotatable bonds is 8. The summed E-state index contributed by atoms with van der Waals surface area (Å²) >= 11 is 3.58. The van der Waals surface area contributed by atoms with Crippen molar-refractivity contribution in [2.24, 2.45) is 4.99 Å². The minimum atomic E-state index is 0. The smallest absolute Gasteiger partial charge is 0.191 e. The molecule has 0 amide bonds. The average molecular weight is 428 g/mol. The van der Waals surface area contributed by atoms with Gasteiger partial charge in [0.25, 0.3) is 0 Å². The molecule has 0 aliphatic heterocycles. The fraction of sp³-hybridized carbons (Fsp3) is 0.692. The van der Waals surface area contributed by atoms with Gasteiger partial charge in [0, 0.05) is 42.9 Å². The molecule has 0 unspecified atom stereocenters. The highest BCUT2D eigenvalue weighted by molar-refractivity contribution is 14.0. The van der Waals surface area contributed by atoms with Gasteiger partial charge in [-0.15, -0.1) is 35.3 Å². The zero-order valence-corrected chi connectivity index (χ0v) is 16.4. The van der Waals surface area contributed by atoms with Gasteiger partial charge in [0.05, 0.1) is 5.01 Å². The molecule has 1 aromatic rings. The Bertz CT molecular complexity index is 382. The second-order valence-electron chi connectivity index (χ2n) is 4.17. The lowest BCUT2D eigenvalue weighted by molar-refractivity contribution is 0.792. The van der Waals surface area contributed by atoms with Crippen molar-refractivity contribution < 1.29 is 0 Å². The van der Waals surface area contributed by atoms with Crippen molar-refractivity contribution in [3.05, 3.63) is 16.1 Å². The van der Waals surface area contributed by atoms with E-state index in [9.17, 15) is 0 Å². The van der Waals surface area contributed by atoms with Crippen molar-refractivity contribution in [3.8, 4) is 0 Å². The number of guanidine groups is 1. The maximum atomic E-state index is 4.57. The molecule has 4 nitrogen and oxygen atoms in total. The van der Waals surface area contributed by atoms with Gasteiger partial charge in [0.2, 0.25) is 0 Å². The predicted octanol–water partition coefficient (Wildman–Crippen LogP) is 2.92. The molecule has 116 valence electrons. The molecule has 20 heavy (non-hydrogen) atoms. The molecule has 0 bridgehead atoms. The molecular formula is C13H25IN4S2. The van der Waals surface area contributed by atoms with Crippen LogP contribution in [0.1, 0.15) is 24.0 Å². The third-order valence-electron chi connectivity index (χ3n) is 2.43. The molecule has 0 aromatic carbocycles. The highest BCUT2D eigenvalue weighted by Gasteiger charge is 1.99. The Balaban J connectivity index is 0.00000361. The van der Waals surface area contributed by atoms with Gasteiger partial charge < -0.3 is 10.6 Å². The summed E-state index contributed by atoms with van der Waals surface area (Å²) in [7, 11) is 0. The van der Waals surface area contributed by atoms with Crippen LogP contribution in [0.4, 0.5) is 0 Å². The van der Waals surface area contributed by atoms with E-state index in [4.69, 9.17) is 0 Å². The summed E-state index contributed by atoms with van der Waals surface area (Å²) in [6.07, 6.45) is 4.18. The van der Waals surface area contributed by atoms with Crippen molar-refractivity contribution in [1.82, 2.24) is 15.6 Å². The van der Waals surface area contributed by atoms with Crippen LogP contribution in [0, 0.1) is 6.92 Å². The number of hydrogen-bond donors (Lipinski definition) is 2. The summed E-state index contributed by atoms with van der Waals surface area (Å²) < 4.78 is 0. The summed E-state index contributed by atoms with van der Waals surface area (Å²) in [6.45, 7) is 6.82. The van der Waals surface area contributed by atoms with Gasteiger partial charge in [-0.2, -0.15) is 11.8 Å². The molecule has 0 aliphatic carbocycles. The maximum Gasteiger partial charge on any atom is 0.191 e. The number of nitrogens with one attached hydrogen (secondary N) is 2. The quantitative estimate of drug-likeness (QED) is 0.289. The number of hydrogen-bond acceptors (Lipinski definition) is 4. The number of nitrogens with zero attached hydrogens (tertiary/aromatic N) is 2. The summed E-state index contributed by atoms with van der Waals surface area (Å²) in [5, 5.41) is 9.91.